The van der Waals surface area contributed by atoms with Crippen molar-refractivity contribution in [3.05, 3.63) is 11.1 Å². The van der Waals surface area contributed by atoms with Gasteiger partial charge in [0.2, 0.25) is 0 Å². The van der Waals surface area contributed by atoms with Gasteiger partial charge in [0, 0.05) is 23.7 Å². The number of hydrogen-bond donors (Lipinski definition) is 0. The third kappa shape index (κ3) is 0.648. The Hall–Kier alpha value is -0.920. The van der Waals surface area contributed by atoms with Crippen LogP contribution in [0, 0.1) is 47.3 Å². The summed E-state index contributed by atoms with van der Waals surface area (Å²) in [4.78, 5) is 25.0. The first-order valence-corrected chi connectivity index (χ1v) is 6.87. The van der Waals surface area contributed by atoms with E-state index in [2.05, 4.69) is 13.8 Å². The number of Topliss-reactive ketones (excluding diaryl/α,β-unsaturated/α-hetero) is 2. The SMILES string of the molecule is CC(C)=C1[C@@H]2C(=O)[C@H]3C[C@H]4C(=O)[C@@H]1[C@H]1[C@H]2[C@@H]3[C@H]14. The molecular formula is C15H16O2. The lowest BCUT2D eigenvalue weighted by Gasteiger charge is -2.43. The van der Waals surface area contributed by atoms with Crippen LogP contribution in [0.15, 0.2) is 11.1 Å². The van der Waals surface area contributed by atoms with Crippen LogP contribution in [0.3, 0.4) is 0 Å². The molecule has 8 atom stereocenters. The normalized spacial score (nSPS) is 60.2. The highest BCUT2D eigenvalue weighted by molar-refractivity contribution is 6.01. The van der Waals surface area contributed by atoms with Gasteiger partial charge in [0.15, 0.2) is 0 Å². The molecule has 0 spiro atoms. The first-order chi connectivity index (χ1) is 8.13. The summed E-state index contributed by atoms with van der Waals surface area (Å²) in [7, 11) is 0. The zero-order valence-electron chi connectivity index (χ0n) is 10.1. The molecule has 0 aliphatic heterocycles. The summed E-state index contributed by atoms with van der Waals surface area (Å²) < 4.78 is 0. The number of hydrogen-bond acceptors (Lipinski definition) is 2. The van der Waals surface area contributed by atoms with Crippen molar-refractivity contribution in [2.45, 2.75) is 20.3 Å². The molecule has 0 radical (unpaired) electrons. The van der Waals surface area contributed by atoms with Crippen LogP contribution in [0.4, 0.5) is 0 Å². The van der Waals surface area contributed by atoms with Crippen LogP contribution in [0.1, 0.15) is 20.3 Å². The van der Waals surface area contributed by atoms with Crippen LogP contribution >= 0.6 is 0 Å². The van der Waals surface area contributed by atoms with Crippen molar-refractivity contribution < 1.29 is 9.59 Å². The van der Waals surface area contributed by atoms with E-state index in [1.807, 2.05) is 0 Å². The summed E-state index contributed by atoms with van der Waals surface area (Å²) in [5, 5.41) is 0. The van der Waals surface area contributed by atoms with Gasteiger partial charge >= 0.3 is 0 Å². The molecule has 0 N–H and O–H groups in total. The maximum Gasteiger partial charge on any atom is 0.143 e. The van der Waals surface area contributed by atoms with Gasteiger partial charge < -0.3 is 0 Å². The summed E-state index contributed by atoms with van der Waals surface area (Å²) in [6.45, 7) is 4.18. The average Bonchev–Trinajstić information content (AvgIpc) is 2.83. The van der Waals surface area contributed by atoms with E-state index >= 15 is 0 Å². The molecule has 5 rings (SSSR count). The van der Waals surface area contributed by atoms with E-state index in [9.17, 15) is 9.59 Å². The lowest BCUT2D eigenvalue weighted by Crippen LogP contribution is -2.41. The molecule has 2 nitrogen and oxygen atoms in total. The Morgan fingerprint density at radius 1 is 0.882 bits per heavy atom. The molecule has 5 aliphatic carbocycles. The van der Waals surface area contributed by atoms with Gasteiger partial charge in [-0.1, -0.05) is 5.57 Å². The number of ketones is 2. The highest BCUT2D eigenvalue weighted by atomic mass is 16.1. The van der Waals surface area contributed by atoms with E-state index in [0.717, 1.165) is 6.42 Å². The molecule has 0 unspecified atom stereocenters. The Balaban J connectivity index is 1.84. The second-order valence-electron chi connectivity index (χ2n) is 6.97. The fourth-order valence-electron chi connectivity index (χ4n) is 6.42. The zero-order chi connectivity index (χ0) is 11.6. The minimum absolute atomic E-state index is 0.159. The van der Waals surface area contributed by atoms with Gasteiger partial charge in [-0.2, -0.15) is 0 Å². The Morgan fingerprint density at radius 2 is 1.35 bits per heavy atom. The van der Waals surface area contributed by atoms with Crippen LogP contribution in [-0.2, 0) is 9.59 Å². The maximum absolute atomic E-state index is 12.5. The third-order valence-electron chi connectivity index (χ3n) is 6.58. The van der Waals surface area contributed by atoms with Crippen molar-refractivity contribution in [3.63, 3.8) is 0 Å². The molecule has 5 aliphatic rings. The van der Waals surface area contributed by atoms with E-state index in [0.29, 0.717) is 35.2 Å². The standard InChI is InChI=1S/C15H16O2/c1-4(2)7-12-10-8-5(14(12)16)3-6-9(8)11(10)13(7)15(6)17/h5-6,8-13H,3H2,1-2H3/t5-,6+,8-,9+,10-,11-,12+,13+/m1/s1. The summed E-state index contributed by atoms with van der Waals surface area (Å²) in [5.41, 5.74) is 2.50. The minimum atomic E-state index is 0.159. The lowest BCUT2D eigenvalue weighted by molar-refractivity contribution is -0.126. The molecule has 0 heterocycles. The highest BCUT2D eigenvalue weighted by Gasteiger charge is 2.81. The van der Waals surface area contributed by atoms with Gasteiger partial charge in [-0.05, 0) is 49.5 Å². The Kier molecular flexibility index (Phi) is 1.23. The van der Waals surface area contributed by atoms with Crippen molar-refractivity contribution >= 4 is 11.6 Å². The fraction of sp³-hybridized carbons (Fsp3) is 0.733. The molecule has 0 aromatic heterocycles. The monoisotopic (exact) mass is 228 g/mol. The van der Waals surface area contributed by atoms with E-state index in [1.165, 1.54) is 11.1 Å². The molecule has 0 bridgehead atoms. The smallest absolute Gasteiger partial charge is 0.143 e. The molecule has 88 valence electrons. The summed E-state index contributed by atoms with van der Waals surface area (Å²) in [5.74, 6) is 4.20. The van der Waals surface area contributed by atoms with Crippen LogP contribution in [0.2, 0.25) is 0 Å². The summed E-state index contributed by atoms with van der Waals surface area (Å²) in [6, 6.07) is 0. The van der Waals surface area contributed by atoms with Crippen LogP contribution in [0.25, 0.3) is 0 Å². The summed E-state index contributed by atoms with van der Waals surface area (Å²) in [6.07, 6.45) is 0.906. The van der Waals surface area contributed by atoms with E-state index in [1.54, 1.807) is 0 Å². The highest BCUT2D eigenvalue weighted by Crippen LogP contribution is 2.79. The molecular weight excluding hydrogens is 212 g/mol. The van der Waals surface area contributed by atoms with Gasteiger partial charge in [-0.25, -0.2) is 0 Å². The summed E-state index contributed by atoms with van der Waals surface area (Å²) >= 11 is 0. The Labute approximate surface area is 100 Å². The zero-order valence-corrected chi connectivity index (χ0v) is 10.1. The minimum Gasteiger partial charge on any atom is -0.299 e. The maximum atomic E-state index is 12.5. The van der Waals surface area contributed by atoms with Crippen molar-refractivity contribution in [1.82, 2.24) is 0 Å². The average molecular weight is 228 g/mol. The van der Waals surface area contributed by atoms with Gasteiger partial charge in [0.25, 0.3) is 0 Å². The van der Waals surface area contributed by atoms with Gasteiger partial charge in [0.05, 0.1) is 0 Å². The topological polar surface area (TPSA) is 34.1 Å². The van der Waals surface area contributed by atoms with Gasteiger partial charge in [0.1, 0.15) is 11.6 Å². The van der Waals surface area contributed by atoms with Crippen molar-refractivity contribution in [2.24, 2.45) is 47.3 Å². The van der Waals surface area contributed by atoms with Crippen molar-refractivity contribution in [2.75, 3.05) is 0 Å². The van der Waals surface area contributed by atoms with E-state index < -0.39 is 0 Å². The molecule has 0 aromatic rings. The second kappa shape index (κ2) is 2.30. The van der Waals surface area contributed by atoms with Gasteiger partial charge in [-0.15, -0.1) is 0 Å². The lowest BCUT2D eigenvalue weighted by atomic mass is 9.60. The molecule has 5 fully saturated rings. The molecule has 5 saturated carbocycles. The van der Waals surface area contributed by atoms with Crippen molar-refractivity contribution in [3.8, 4) is 0 Å². The number of carbonyl (C=O) groups excluding carboxylic acids is 2. The predicted octanol–water partition coefficient (Wildman–Crippen LogP) is 1.85. The van der Waals surface area contributed by atoms with Crippen LogP contribution in [-0.4, -0.2) is 11.6 Å². The fourth-order valence-corrected chi connectivity index (χ4v) is 6.42. The molecule has 2 heteroatoms. The first kappa shape index (κ1) is 9.07. The largest absolute Gasteiger partial charge is 0.299 e. The predicted molar refractivity (Wildman–Crippen MR) is 60.9 cm³/mol. The molecule has 0 saturated heterocycles. The quantitative estimate of drug-likeness (QED) is 0.593. The third-order valence-corrected chi connectivity index (χ3v) is 6.58. The second-order valence-corrected chi connectivity index (χ2v) is 6.97. The van der Waals surface area contributed by atoms with E-state index in [4.69, 9.17) is 0 Å². The van der Waals surface area contributed by atoms with Gasteiger partial charge in [-0.3, -0.25) is 9.59 Å². The number of allylic oxidation sites excluding steroid dienone is 2. The number of carbonyl (C=O) groups is 2. The Bertz CT molecular complexity index is 485. The Morgan fingerprint density at radius 3 is 1.76 bits per heavy atom. The van der Waals surface area contributed by atoms with Crippen LogP contribution in [0.5, 0.6) is 0 Å². The van der Waals surface area contributed by atoms with Crippen molar-refractivity contribution in [1.29, 1.82) is 0 Å². The molecule has 0 amide bonds. The van der Waals surface area contributed by atoms with Crippen LogP contribution < -0.4 is 0 Å². The molecule has 0 aromatic carbocycles. The first-order valence-electron chi connectivity index (χ1n) is 6.87. The molecule has 17 heavy (non-hydrogen) atoms. The van der Waals surface area contributed by atoms with E-state index in [-0.39, 0.29) is 23.7 Å². The number of rotatable bonds is 0.